The summed E-state index contributed by atoms with van der Waals surface area (Å²) < 4.78 is 1.81. The lowest BCUT2D eigenvalue weighted by Crippen LogP contribution is -2.30. The SMILES string of the molecule is C#CC.C=C/C=C(/O)C=C.Cc1c(SCCNCC(C)O)n(C)cc(C(=O)NCc2ccc(Cl)cc2)c1=O. The average Bonchev–Trinajstić information content (AvgIpc) is 2.88. The molecule has 0 radical (unpaired) electrons. The molecule has 0 aliphatic heterocycles. The fraction of sp³-hybridized carbons (Fsp3) is 0.310. The molecule has 1 aromatic carbocycles. The van der Waals surface area contributed by atoms with Crippen molar-refractivity contribution in [2.75, 3.05) is 18.8 Å². The van der Waals surface area contributed by atoms with Crippen LogP contribution in [0.4, 0.5) is 0 Å². The lowest BCUT2D eigenvalue weighted by molar-refractivity contribution is 0.0948. The molecule has 206 valence electrons. The Hall–Kier alpha value is -3.22. The summed E-state index contributed by atoms with van der Waals surface area (Å²) in [5.74, 6) is 2.76. The molecule has 1 aromatic heterocycles. The van der Waals surface area contributed by atoms with Crippen molar-refractivity contribution in [3.63, 3.8) is 0 Å². The summed E-state index contributed by atoms with van der Waals surface area (Å²) in [6.45, 7) is 13.4. The van der Waals surface area contributed by atoms with Gasteiger partial charge in [0, 0.05) is 49.2 Å². The number of aryl methyl sites for hydroxylation is 1. The monoisotopic (exact) mass is 559 g/mol. The second-order valence-electron chi connectivity index (χ2n) is 7.94. The number of carbonyl (C=O) groups is 1. The molecule has 0 aliphatic carbocycles. The molecule has 7 nitrogen and oxygen atoms in total. The number of amides is 1. The van der Waals surface area contributed by atoms with E-state index in [4.69, 9.17) is 16.7 Å². The predicted octanol–water partition coefficient (Wildman–Crippen LogP) is 4.78. The van der Waals surface area contributed by atoms with Gasteiger partial charge in [-0.25, -0.2) is 0 Å². The Bertz CT molecular complexity index is 1170. The lowest BCUT2D eigenvalue weighted by Gasteiger charge is -2.14. The summed E-state index contributed by atoms with van der Waals surface area (Å²) in [5.41, 5.74) is 1.34. The minimum atomic E-state index is -0.395. The summed E-state index contributed by atoms with van der Waals surface area (Å²) >= 11 is 7.41. The molecule has 4 N–H and O–H groups in total. The van der Waals surface area contributed by atoms with E-state index in [1.165, 1.54) is 18.2 Å². The topological polar surface area (TPSA) is 104 Å². The van der Waals surface area contributed by atoms with Crippen molar-refractivity contribution in [1.29, 1.82) is 0 Å². The zero-order chi connectivity index (χ0) is 29.1. The van der Waals surface area contributed by atoms with E-state index in [2.05, 4.69) is 36.1 Å². The fourth-order valence-corrected chi connectivity index (χ4v) is 3.98. The molecule has 0 saturated heterocycles. The van der Waals surface area contributed by atoms with Crippen LogP contribution < -0.4 is 16.1 Å². The molecule has 1 heterocycles. The van der Waals surface area contributed by atoms with Crippen LogP contribution in [0, 0.1) is 19.3 Å². The zero-order valence-corrected chi connectivity index (χ0v) is 24.0. The standard InChI is InChI=1S/C20H26ClN3O3S.C6H8O.C3H4/c1-13(25)10-22-8-9-28-20-14(2)18(26)17(12-24(20)3)19(27)23-11-15-4-6-16(21)7-5-15;1-3-5-6(7)4-2;1-3-2/h4-7,12-13,22,25H,8-11H2,1-3H3,(H,23,27);3-5,7H,1-2H2;1H,2H3/b;6-5+;. The van der Waals surface area contributed by atoms with Gasteiger partial charge in [-0.05, 0) is 50.6 Å². The van der Waals surface area contributed by atoms with Gasteiger partial charge >= 0.3 is 0 Å². The maximum Gasteiger partial charge on any atom is 0.257 e. The van der Waals surface area contributed by atoms with Crippen LogP contribution in [0.15, 0.2) is 77.4 Å². The van der Waals surface area contributed by atoms with Crippen LogP contribution in [0.2, 0.25) is 5.02 Å². The number of benzene rings is 1. The van der Waals surface area contributed by atoms with Gasteiger partial charge in [-0.15, -0.1) is 24.1 Å². The number of aliphatic hydroxyl groups is 2. The van der Waals surface area contributed by atoms with E-state index < -0.39 is 5.91 Å². The second kappa shape index (κ2) is 19.8. The molecule has 1 unspecified atom stereocenters. The maximum atomic E-state index is 12.7. The summed E-state index contributed by atoms with van der Waals surface area (Å²) in [7, 11) is 1.83. The number of aliphatic hydroxyl groups excluding tert-OH is 2. The maximum absolute atomic E-state index is 12.7. The Morgan fingerprint density at radius 1 is 1.32 bits per heavy atom. The Balaban J connectivity index is 0.00000117. The molecule has 1 atom stereocenters. The van der Waals surface area contributed by atoms with E-state index >= 15 is 0 Å². The number of hydrogen-bond acceptors (Lipinski definition) is 6. The first-order valence-electron chi connectivity index (χ1n) is 11.8. The van der Waals surface area contributed by atoms with Crippen LogP contribution >= 0.6 is 23.4 Å². The number of rotatable bonds is 11. The largest absolute Gasteiger partial charge is 0.508 e. The highest BCUT2D eigenvalue weighted by Crippen LogP contribution is 2.19. The van der Waals surface area contributed by atoms with E-state index in [0.29, 0.717) is 30.2 Å². The highest BCUT2D eigenvalue weighted by atomic mass is 35.5. The molecular weight excluding hydrogens is 522 g/mol. The van der Waals surface area contributed by atoms with Crippen LogP contribution in [-0.4, -0.2) is 45.6 Å². The van der Waals surface area contributed by atoms with Gasteiger partial charge < -0.3 is 25.4 Å². The van der Waals surface area contributed by atoms with E-state index in [1.54, 1.807) is 50.9 Å². The normalized spacial score (nSPS) is 11.0. The van der Waals surface area contributed by atoms with Crippen molar-refractivity contribution in [3.05, 3.63) is 99.5 Å². The number of terminal acetylenes is 1. The molecule has 1 amide bonds. The van der Waals surface area contributed by atoms with Crippen molar-refractivity contribution in [2.45, 2.75) is 38.4 Å². The first-order chi connectivity index (χ1) is 18.0. The number of pyridine rings is 1. The number of thioether (sulfide) groups is 1. The third-order valence-electron chi connectivity index (χ3n) is 4.62. The van der Waals surface area contributed by atoms with Crippen molar-refractivity contribution in [3.8, 4) is 12.3 Å². The Morgan fingerprint density at radius 3 is 2.42 bits per heavy atom. The van der Waals surface area contributed by atoms with Gasteiger partial charge in [0.15, 0.2) is 5.43 Å². The Kier molecular flexibility index (Phi) is 18.2. The number of halogens is 1. The highest BCUT2D eigenvalue weighted by molar-refractivity contribution is 7.99. The molecule has 0 bridgehead atoms. The molecule has 0 saturated carbocycles. The smallest absolute Gasteiger partial charge is 0.257 e. The number of carbonyl (C=O) groups excluding carboxylic acids is 1. The molecule has 38 heavy (non-hydrogen) atoms. The highest BCUT2D eigenvalue weighted by Gasteiger charge is 2.16. The van der Waals surface area contributed by atoms with Gasteiger partial charge in [0.1, 0.15) is 11.3 Å². The van der Waals surface area contributed by atoms with E-state index in [1.807, 2.05) is 23.7 Å². The summed E-state index contributed by atoms with van der Waals surface area (Å²) in [6.07, 6.45) is 10.1. The molecule has 0 aliphatic rings. The summed E-state index contributed by atoms with van der Waals surface area (Å²) in [5, 5.41) is 25.2. The van der Waals surface area contributed by atoms with E-state index in [0.717, 1.165) is 16.3 Å². The van der Waals surface area contributed by atoms with Gasteiger partial charge in [-0.2, -0.15) is 0 Å². The minimum absolute atomic E-state index is 0.130. The van der Waals surface area contributed by atoms with Gasteiger partial charge in [0.25, 0.3) is 5.91 Å². The molecule has 2 aromatic rings. The van der Waals surface area contributed by atoms with Gasteiger partial charge in [0.05, 0.1) is 11.1 Å². The molecule has 2 rings (SSSR count). The number of aromatic nitrogens is 1. The lowest BCUT2D eigenvalue weighted by atomic mass is 10.1. The van der Waals surface area contributed by atoms with Crippen molar-refractivity contribution in [1.82, 2.24) is 15.2 Å². The van der Waals surface area contributed by atoms with E-state index in [9.17, 15) is 14.7 Å². The quantitative estimate of drug-likeness (QED) is 0.104. The predicted molar refractivity (Wildman–Crippen MR) is 160 cm³/mol. The van der Waals surface area contributed by atoms with Crippen LogP contribution in [0.3, 0.4) is 0 Å². The van der Waals surface area contributed by atoms with E-state index in [-0.39, 0.29) is 22.9 Å². The van der Waals surface area contributed by atoms with Crippen LogP contribution in [0.5, 0.6) is 0 Å². The number of nitrogens with one attached hydrogen (secondary N) is 2. The molecule has 0 fully saturated rings. The van der Waals surface area contributed by atoms with Gasteiger partial charge in [-0.3, -0.25) is 9.59 Å². The molecular formula is C29H38ClN3O4S. The Morgan fingerprint density at radius 2 is 1.92 bits per heavy atom. The first kappa shape index (κ1) is 34.8. The number of hydrogen-bond donors (Lipinski definition) is 4. The Labute approximate surface area is 235 Å². The van der Waals surface area contributed by atoms with Crippen LogP contribution in [-0.2, 0) is 13.6 Å². The van der Waals surface area contributed by atoms with Crippen molar-refractivity contribution >= 4 is 29.3 Å². The van der Waals surface area contributed by atoms with Crippen LogP contribution in [0.1, 0.15) is 35.3 Å². The van der Waals surface area contributed by atoms with Crippen molar-refractivity contribution < 1.29 is 15.0 Å². The first-order valence-corrected chi connectivity index (χ1v) is 13.1. The fourth-order valence-electron chi connectivity index (χ4n) is 2.85. The summed E-state index contributed by atoms with van der Waals surface area (Å²) in [4.78, 5) is 25.2. The third kappa shape index (κ3) is 13.9. The number of nitrogens with zero attached hydrogens (tertiary/aromatic N) is 1. The molecule has 0 spiro atoms. The van der Waals surface area contributed by atoms with Gasteiger partial charge in [0.2, 0.25) is 0 Å². The van der Waals surface area contributed by atoms with Crippen LogP contribution in [0.25, 0.3) is 0 Å². The zero-order valence-electron chi connectivity index (χ0n) is 22.5. The second-order valence-corrected chi connectivity index (χ2v) is 9.46. The van der Waals surface area contributed by atoms with Crippen molar-refractivity contribution in [2.24, 2.45) is 7.05 Å². The number of allylic oxidation sites excluding steroid dienone is 3. The molecule has 9 heteroatoms. The third-order valence-corrected chi connectivity index (χ3v) is 6.14. The summed E-state index contributed by atoms with van der Waals surface area (Å²) in [6, 6.07) is 7.18. The average molecular weight is 560 g/mol. The van der Waals surface area contributed by atoms with Gasteiger partial charge in [-0.1, -0.05) is 43.0 Å². The minimum Gasteiger partial charge on any atom is -0.508 e.